The fraction of sp³-hybridized carbons (Fsp3) is 0.412. The van der Waals surface area contributed by atoms with E-state index in [2.05, 4.69) is 27.3 Å². The molecular formula is C17H20N4O2S. The molecule has 0 bridgehead atoms. The molecule has 0 aliphatic carbocycles. The number of thiazole rings is 1. The molecule has 2 saturated heterocycles. The van der Waals surface area contributed by atoms with Crippen molar-refractivity contribution in [3.63, 3.8) is 0 Å². The number of nitrogens with one attached hydrogen (secondary N) is 1. The molecule has 0 saturated carbocycles. The number of aromatic nitrogens is 1. The van der Waals surface area contributed by atoms with E-state index in [0.717, 1.165) is 19.5 Å². The second-order valence-electron chi connectivity index (χ2n) is 6.32. The molecule has 3 heterocycles. The number of fused-ring (bicyclic) bond motifs is 1. The summed E-state index contributed by atoms with van der Waals surface area (Å²) in [6.45, 7) is 2.42. The Morgan fingerprint density at radius 3 is 2.92 bits per heavy atom. The molecule has 3 atom stereocenters. The summed E-state index contributed by atoms with van der Waals surface area (Å²) in [6, 6.07) is 10.8. The molecule has 2 aliphatic heterocycles. The minimum absolute atomic E-state index is 0.107. The Labute approximate surface area is 144 Å². The first kappa shape index (κ1) is 15.6. The van der Waals surface area contributed by atoms with E-state index in [1.807, 2.05) is 18.2 Å². The zero-order chi connectivity index (χ0) is 16.5. The Balaban J connectivity index is 1.37. The smallest absolute Gasteiger partial charge is 0.271 e. The van der Waals surface area contributed by atoms with Crippen LogP contribution in [0, 0.1) is 0 Å². The van der Waals surface area contributed by atoms with Crippen molar-refractivity contribution in [2.24, 2.45) is 0 Å². The highest BCUT2D eigenvalue weighted by Gasteiger charge is 2.38. The van der Waals surface area contributed by atoms with Crippen LogP contribution in [0.1, 0.15) is 28.6 Å². The number of nitrogens with zero attached hydrogens (tertiary/aromatic N) is 2. The third-order valence-electron chi connectivity index (χ3n) is 4.68. The minimum atomic E-state index is -0.145. The molecule has 2 aliphatic rings. The van der Waals surface area contributed by atoms with Crippen LogP contribution in [0.4, 0.5) is 5.13 Å². The number of anilines is 1. The van der Waals surface area contributed by atoms with Gasteiger partial charge in [-0.1, -0.05) is 30.3 Å². The Morgan fingerprint density at radius 1 is 1.33 bits per heavy atom. The zero-order valence-electron chi connectivity index (χ0n) is 13.2. The summed E-state index contributed by atoms with van der Waals surface area (Å²) in [7, 11) is 0. The van der Waals surface area contributed by atoms with Gasteiger partial charge in [-0.15, -0.1) is 11.3 Å². The van der Waals surface area contributed by atoms with Crippen LogP contribution in [0.15, 0.2) is 35.7 Å². The van der Waals surface area contributed by atoms with Crippen molar-refractivity contribution < 1.29 is 9.53 Å². The lowest BCUT2D eigenvalue weighted by atomic mass is 10.1. The van der Waals surface area contributed by atoms with Gasteiger partial charge in [0.2, 0.25) is 0 Å². The Kier molecular flexibility index (Phi) is 4.22. The molecule has 2 aromatic rings. The molecule has 1 aromatic carbocycles. The molecule has 0 unspecified atom stereocenters. The highest BCUT2D eigenvalue weighted by atomic mass is 32.1. The molecule has 24 heavy (non-hydrogen) atoms. The lowest BCUT2D eigenvalue weighted by Gasteiger charge is -2.35. The average Bonchev–Trinajstić information content (AvgIpc) is 3.20. The second-order valence-corrected chi connectivity index (χ2v) is 7.21. The quantitative estimate of drug-likeness (QED) is 0.885. The first-order valence-electron chi connectivity index (χ1n) is 8.11. The van der Waals surface area contributed by atoms with Gasteiger partial charge < -0.3 is 15.8 Å². The van der Waals surface area contributed by atoms with Crippen LogP contribution in [-0.4, -0.2) is 47.6 Å². The van der Waals surface area contributed by atoms with Crippen molar-refractivity contribution in [2.45, 2.75) is 24.6 Å². The van der Waals surface area contributed by atoms with Crippen molar-refractivity contribution >= 4 is 22.4 Å². The Morgan fingerprint density at radius 2 is 2.17 bits per heavy atom. The first-order chi connectivity index (χ1) is 11.7. The van der Waals surface area contributed by atoms with E-state index >= 15 is 0 Å². The van der Waals surface area contributed by atoms with Gasteiger partial charge in [0.15, 0.2) is 5.13 Å². The monoisotopic (exact) mass is 344 g/mol. The standard InChI is InChI=1S/C17H20N4O2S/c18-17-20-14(10-24-17)16(22)19-12-6-13-9-23-15(8-21(13)7-12)11-4-2-1-3-5-11/h1-5,10,12-13,15H,6-9H2,(H2,18,20)(H,19,22)/t12-,13-,15+/m0/s1. The fourth-order valence-electron chi connectivity index (χ4n) is 3.50. The van der Waals surface area contributed by atoms with Gasteiger partial charge in [0.25, 0.3) is 5.91 Å². The van der Waals surface area contributed by atoms with E-state index in [4.69, 9.17) is 10.5 Å². The molecule has 6 nitrogen and oxygen atoms in total. The molecular weight excluding hydrogens is 324 g/mol. The third kappa shape index (κ3) is 3.15. The van der Waals surface area contributed by atoms with Crippen LogP contribution in [0.2, 0.25) is 0 Å². The van der Waals surface area contributed by atoms with E-state index in [-0.39, 0.29) is 18.1 Å². The highest BCUT2D eigenvalue weighted by molar-refractivity contribution is 7.13. The predicted octanol–water partition coefficient (Wildman–Crippen LogP) is 1.67. The van der Waals surface area contributed by atoms with Crippen molar-refractivity contribution in [1.29, 1.82) is 0 Å². The summed E-state index contributed by atoms with van der Waals surface area (Å²) >= 11 is 1.28. The highest BCUT2D eigenvalue weighted by Crippen LogP contribution is 2.30. The first-order valence-corrected chi connectivity index (χ1v) is 8.99. The number of morpholine rings is 1. The summed E-state index contributed by atoms with van der Waals surface area (Å²) in [5, 5.41) is 5.19. The topological polar surface area (TPSA) is 80.5 Å². The molecule has 0 spiro atoms. The number of carbonyl (C=O) groups is 1. The third-order valence-corrected chi connectivity index (χ3v) is 5.35. The Hall–Kier alpha value is -1.96. The van der Waals surface area contributed by atoms with E-state index in [0.29, 0.717) is 23.5 Å². The molecule has 4 rings (SSSR count). The number of nitrogen functional groups attached to an aromatic ring is 1. The normalized spacial score (nSPS) is 26.9. The van der Waals surface area contributed by atoms with E-state index in [9.17, 15) is 4.79 Å². The predicted molar refractivity (Wildman–Crippen MR) is 92.9 cm³/mol. The number of benzene rings is 1. The minimum Gasteiger partial charge on any atom is -0.375 e. The average molecular weight is 344 g/mol. The molecule has 126 valence electrons. The molecule has 0 radical (unpaired) electrons. The maximum absolute atomic E-state index is 12.2. The van der Waals surface area contributed by atoms with Crippen molar-refractivity contribution in [3.8, 4) is 0 Å². The SMILES string of the molecule is Nc1nc(C(=O)N[C@H]2C[C@H]3CO[C@@H](c4ccccc4)CN3C2)cs1. The summed E-state index contributed by atoms with van der Waals surface area (Å²) < 4.78 is 6.04. The van der Waals surface area contributed by atoms with Crippen molar-refractivity contribution in [3.05, 3.63) is 47.0 Å². The molecule has 7 heteroatoms. The van der Waals surface area contributed by atoms with Crippen molar-refractivity contribution in [1.82, 2.24) is 15.2 Å². The number of amides is 1. The van der Waals surface area contributed by atoms with Crippen molar-refractivity contribution in [2.75, 3.05) is 25.4 Å². The number of carbonyl (C=O) groups excluding carboxylic acids is 1. The number of hydrogen-bond donors (Lipinski definition) is 2. The second kappa shape index (κ2) is 6.51. The summed E-state index contributed by atoms with van der Waals surface area (Å²) in [6.07, 6.45) is 1.02. The number of hydrogen-bond acceptors (Lipinski definition) is 6. The summed E-state index contributed by atoms with van der Waals surface area (Å²) in [5.41, 5.74) is 7.21. The van der Waals surface area contributed by atoms with Gasteiger partial charge >= 0.3 is 0 Å². The zero-order valence-corrected chi connectivity index (χ0v) is 14.0. The van der Waals surface area contributed by atoms with Gasteiger partial charge in [-0.3, -0.25) is 9.69 Å². The summed E-state index contributed by atoms with van der Waals surface area (Å²) in [4.78, 5) is 18.7. The summed E-state index contributed by atoms with van der Waals surface area (Å²) in [5.74, 6) is -0.145. The lowest BCUT2D eigenvalue weighted by molar-refractivity contribution is -0.0502. The molecule has 1 aromatic heterocycles. The van der Waals surface area contributed by atoms with Crippen LogP contribution in [0.5, 0.6) is 0 Å². The maximum Gasteiger partial charge on any atom is 0.271 e. The van der Waals surface area contributed by atoms with Gasteiger partial charge in [0.1, 0.15) is 5.69 Å². The van der Waals surface area contributed by atoms with Gasteiger partial charge in [-0.25, -0.2) is 4.98 Å². The van der Waals surface area contributed by atoms with E-state index in [1.54, 1.807) is 5.38 Å². The molecule has 3 N–H and O–H groups in total. The molecule has 1 amide bonds. The Bertz CT molecular complexity index is 720. The lowest BCUT2D eigenvalue weighted by Crippen LogP contribution is -2.43. The van der Waals surface area contributed by atoms with Crippen LogP contribution in [-0.2, 0) is 4.74 Å². The van der Waals surface area contributed by atoms with Crippen LogP contribution in [0.25, 0.3) is 0 Å². The fourth-order valence-corrected chi connectivity index (χ4v) is 4.04. The van der Waals surface area contributed by atoms with E-state index in [1.165, 1.54) is 16.9 Å². The largest absolute Gasteiger partial charge is 0.375 e. The maximum atomic E-state index is 12.2. The molecule has 2 fully saturated rings. The van der Waals surface area contributed by atoms with Crippen LogP contribution >= 0.6 is 11.3 Å². The number of rotatable bonds is 3. The van der Waals surface area contributed by atoms with Gasteiger partial charge in [0.05, 0.1) is 12.7 Å². The number of nitrogens with two attached hydrogens (primary N) is 1. The van der Waals surface area contributed by atoms with Gasteiger partial charge in [-0.2, -0.15) is 0 Å². The van der Waals surface area contributed by atoms with Gasteiger partial charge in [-0.05, 0) is 12.0 Å². The van der Waals surface area contributed by atoms with Crippen LogP contribution < -0.4 is 11.1 Å². The number of ether oxygens (including phenoxy) is 1. The van der Waals surface area contributed by atoms with Gasteiger partial charge in [0, 0.05) is 30.6 Å². The van der Waals surface area contributed by atoms with E-state index < -0.39 is 0 Å². The van der Waals surface area contributed by atoms with Crippen LogP contribution in [0.3, 0.4) is 0 Å².